The van der Waals surface area contributed by atoms with Crippen LogP contribution < -0.4 is 11.2 Å². The number of thiophene rings is 1. The quantitative estimate of drug-likeness (QED) is 0.409. The van der Waals surface area contributed by atoms with Crippen molar-refractivity contribution in [2.45, 2.75) is 33.4 Å². The van der Waals surface area contributed by atoms with Crippen LogP contribution in [0.4, 0.5) is 4.39 Å². The minimum atomic E-state index is -0.547. The number of Topliss-reactive ketones (excluding diaryl/α,β-unsaturated/α-hetero) is 1. The van der Waals surface area contributed by atoms with Crippen LogP contribution in [0.15, 0.2) is 58.1 Å². The summed E-state index contributed by atoms with van der Waals surface area (Å²) in [7, 11) is 0. The van der Waals surface area contributed by atoms with Gasteiger partial charge in [0.15, 0.2) is 5.78 Å². The third kappa shape index (κ3) is 4.01. The van der Waals surface area contributed by atoms with Gasteiger partial charge in [0.25, 0.3) is 5.56 Å². The van der Waals surface area contributed by atoms with Crippen molar-refractivity contribution < 1.29 is 14.0 Å². The molecular formula is C26H22FN3O4S. The monoisotopic (exact) mass is 491 g/mol. The number of hydrogen-bond acceptors (Lipinski definition) is 5. The summed E-state index contributed by atoms with van der Waals surface area (Å²) in [6.45, 7) is 3.95. The Hall–Kier alpha value is -3.85. The molecule has 1 amide bonds. The molecule has 2 aromatic heterocycles. The zero-order chi connectivity index (χ0) is 24.9. The van der Waals surface area contributed by atoms with Crippen molar-refractivity contribution in [1.82, 2.24) is 14.0 Å². The molecule has 0 N–H and O–H groups in total. The Morgan fingerprint density at radius 1 is 1.06 bits per heavy atom. The van der Waals surface area contributed by atoms with Gasteiger partial charge in [-0.3, -0.25) is 19.0 Å². The van der Waals surface area contributed by atoms with Gasteiger partial charge in [-0.25, -0.2) is 13.8 Å². The van der Waals surface area contributed by atoms with Crippen molar-refractivity contribution in [2.75, 3.05) is 6.54 Å². The normalized spacial score (nSPS) is 13.2. The van der Waals surface area contributed by atoms with E-state index in [1.165, 1.54) is 48.0 Å². The van der Waals surface area contributed by atoms with Gasteiger partial charge >= 0.3 is 5.69 Å². The molecule has 4 aromatic rings. The maximum Gasteiger partial charge on any atom is 0.337 e. The molecule has 0 bridgehead atoms. The third-order valence-corrected chi connectivity index (χ3v) is 7.57. The van der Waals surface area contributed by atoms with Crippen molar-refractivity contribution in [3.63, 3.8) is 0 Å². The highest BCUT2D eigenvalue weighted by molar-refractivity contribution is 7.18. The molecular weight excluding hydrogens is 469 g/mol. The van der Waals surface area contributed by atoms with E-state index in [4.69, 9.17) is 0 Å². The van der Waals surface area contributed by atoms with Crippen molar-refractivity contribution in [1.29, 1.82) is 0 Å². The smallest absolute Gasteiger partial charge is 0.337 e. The Kier molecular flexibility index (Phi) is 5.72. The van der Waals surface area contributed by atoms with Gasteiger partial charge in [-0.05, 0) is 48.7 Å². The van der Waals surface area contributed by atoms with E-state index in [2.05, 4.69) is 0 Å². The van der Waals surface area contributed by atoms with Gasteiger partial charge in [0.1, 0.15) is 10.6 Å². The van der Waals surface area contributed by atoms with Gasteiger partial charge in [-0.15, -0.1) is 11.3 Å². The molecule has 35 heavy (non-hydrogen) atoms. The average Bonchev–Trinajstić information content (AvgIpc) is 3.22. The van der Waals surface area contributed by atoms with Crippen LogP contribution in [0.3, 0.4) is 0 Å². The molecule has 0 fully saturated rings. The third-order valence-electron chi connectivity index (χ3n) is 6.33. The number of benzene rings is 2. The highest BCUT2D eigenvalue weighted by Crippen LogP contribution is 2.33. The number of halogens is 1. The Morgan fingerprint density at radius 3 is 2.49 bits per heavy atom. The molecule has 0 unspecified atom stereocenters. The van der Waals surface area contributed by atoms with Gasteiger partial charge < -0.3 is 4.90 Å². The maximum absolute atomic E-state index is 13.8. The summed E-state index contributed by atoms with van der Waals surface area (Å²) in [5.74, 6) is -0.603. The van der Waals surface area contributed by atoms with Crippen LogP contribution in [0.1, 0.15) is 40.2 Å². The Balaban J connectivity index is 1.79. The van der Waals surface area contributed by atoms with Crippen LogP contribution in [-0.2, 0) is 24.3 Å². The van der Waals surface area contributed by atoms with E-state index in [9.17, 15) is 23.6 Å². The highest BCUT2D eigenvalue weighted by Gasteiger charge is 2.27. The van der Waals surface area contributed by atoms with Crippen LogP contribution in [0.25, 0.3) is 15.9 Å². The van der Waals surface area contributed by atoms with E-state index in [1.807, 2.05) is 0 Å². The molecule has 0 saturated heterocycles. The summed E-state index contributed by atoms with van der Waals surface area (Å²) < 4.78 is 16.1. The minimum absolute atomic E-state index is 0.0460. The molecule has 0 radical (unpaired) electrons. The topological polar surface area (TPSA) is 81.4 Å². The second-order valence-corrected chi connectivity index (χ2v) is 9.70. The minimum Gasteiger partial charge on any atom is -0.337 e. The number of aromatic nitrogens is 2. The van der Waals surface area contributed by atoms with Gasteiger partial charge in [-0.1, -0.05) is 24.3 Å². The van der Waals surface area contributed by atoms with Crippen LogP contribution in [-0.4, -0.2) is 32.3 Å². The Morgan fingerprint density at radius 2 is 1.80 bits per heavy atom. The van der Waals surface area contributed by atoms with Crippen molar-refractivity contribution in [2.24, 2.45) is 0 Å². The van der Waals surface area contributed by atoms with Gasteiger partial charge in [-0.2, -0.15) is 0 Å². The van der Waals surface area contributed by atoms with E-state index >= 15 is 0 Å². The molecule has 0 saturated carbocycles. The lowest BCUT2D eigenvalue weighted by Gasteiger charge is -2.25. The average molecular weight is 492 g/mol. The fourth-order valence-electron chi connectivity index (χ4n) is 4.48. The summed E-state index contributed by atoms with van der Waals surface area (Å²) in [4.78, 5) is 54.5. The molecule has 1 aliphatic rings. The second-order valence-electron chi connectivity index (χ2n) is 8.62. The van der Waals surface area contributed by atoms with Crippen molar-refractivity contribution in [3.8, 4) is 5.69 Å². The van der Waals surface area contributed by atoms with Crippen LogP contribution >= 0.6 is 11.3 Å². The molecule has 2 aromatic carbocycles. The van der Waals surface area contributed by atoms with Crippen molar-refractivity contribution in [3.05, 3.63) is 96.8 Å². The number of amides is 1. The summed E-state index contributed by atoms with van der Waals surface area (Å²) in [6, 6.07) is 12.3. The predicted molar refractivity (Wildman–Crippen MR) is 132 cm³/mol. The molecule has 3 heterocycles. The summed E-state index contributed by atoms with van der Waals surface area (Å²) in [6.07, 6.45) is 0.506. The number of carbonyl (C=O) groups excluding carboxylic acids is 2. The molecule has 7 nitrogen and oxygen atoms in total. The second kappa shape index (κ2) is 8.74. The maximum atomic E-state index is 13.8. The zero-order valence-electron chi connectivity index (χ0n) is 19.2. The molecule has 5 rings (SSSR count). The number of hydrogen-bond donors (Lipinski definition) is 0. The number of fused-ring (bicyclic) bond motifs is 3. The first-order valence-corrected chi connectivity index (χ1v) is 12.0. The largest absolute Gasteiger partial charge is 0.337 e. The number of nitrogens with zero attached hydrogens (tertiary/aromatic N) is 3. The van der Waals surface area contributed by atoms with Crippen LogP contribution in [0.5, 0.6) is 0 Å². The number of ketones is 1. The molecule has 0 spiro atoms. The number of carbonyl (C=O) groups is 2. The fourth-order valence-corrected chi connectivity index (χ4v) is 5.82. The predicted octanol–water partition coefficient (Wildman–Crippen LogP) is 3.51. The van der Waals surface area contributed by atoms with Crippen LogP contribution in [0, 0.1) is 5.82 Å². The first-order valence-electron chi connectivity index (χ1n) is 11.2. The lowest BCUT2D eigenvalue weighted by Crippen LogP contribution is -2.39. The van der Waals surface area contributed by atoms with Crippen LogP contribution in [0.2, 0.25) is 0 Å². The molecule has 178 valence electrons. The summed E-state index contributed by atoms with van der Waals surface area (Å²) >= 11 is 1.34. The summed E-state index contributed by atoms with van der Waals surface area (Å²) in [5.41, 5.74) is 1.25. The molecule has 0 aliphatic carbocycles. The number of rotatable bonds is 4. The SMILES string of the molecule is CC(=O)c1cccc(-n2c(=O)c3c4c(sc3n(Cc3ccc(F)cc3)c2=O)CN(C(C)=O)CC4)c1. The van der Waals surface area contributed by atoms with E-state index < -0.39 is 11.2 Å². The van der Waals surface area contributed by atoms with Gasteiger partial charge in [0.2, 0.25) is 5.91 Å². The fraction of sp³-hybridized carbons (Fsp3) is 0.231. The molecule has 1 aliphatic heterocycles. The lowest BCUT2D eigenvalue weighted by molar-refractivity contribution is -0.129. The van der Waals surface area contributed by atoms with Gasteiger partial charge in [0, 0.05) is 23.9 Å². The Labute approximate surface area is 203 Å². The first kappa shape index (κ1) is 22.9. The first-order chi connectivity index (χ1) is 16.7. The molecule has 0 atom stereocenters. The van der Waals surface area contributed by atoms with E-state index in [0.717, 1.165) is 15.0 Å². The zero-order valence-corrected chi connectivity index (χ0v) is 20.0. The van der Waals surface area contributed by atoms with Gasteiger partial charge in [0.05, 0.1) is 24.2 Å². The lowest BCUT2D eigenvalue weighted by atomic mass is 10.1. The summed E-state index contributed by atoms with van der Waals surface area (Å²) in [5, 5.41) is 0.447. The highest BCUT2D eigenvalue weighted by atomic mass is 32.1. The van der Waals surface area contributed by atoms with E-state index in [-0.39, 0.29) is 24.1 Å². The van der Waals surface area contributed by atoms with E-state index in [0.29, 0.717) is 46.5 Å². The Bertz CT molecular complexity index is 1610. The van der Waals surface area contributed by atoms with E-state index in [1.54, 1.807) is 35.2 Å². The molecule has 9 heteroatoms. The standard InChI is InChI=1S/C26H22FN3O4S/c1-15(31)18-4-3-5-20(12-18)30-24(33)23-21-10-11-28(16(2)32)14-22(21)35-25(23)29(26(30)34)13-17-6-8-19(27)9-7-17/h3-9,12H,10-11,13-14H2,1-2H3. The van der Waals surface area contributed by atoms with Crippen molar-refractivity contribution >= 4 is 33.2 Å².